The molecule has 3 aromatic heterocycles. The number of nitrogens with zero attached hydrogens (tertiary/aromatic N) is 5. The summed E-state index contributed by atoms with van der Waals surface area (Å²) in [6.45, 7) is 3.12. The number of rotatable bonds is 5. The summed E-state index contributed by atoms with van der Waals surface area (Å²) in [4.78, 5) is 31.3. The Labute approximate surface area is 209 Å². The van der Waals surface area contributed by atoms with E-state index in [0.29, 0.717) is 30.9 Å². The van der Waals surface area contributed by atoms with E-state index in [1.165, 1.54) is 6.07 Å². The van der Waals surface area contributed by atoms with E-state index in [2.05, 4.69) is 25.6 Å². The summed E-state index contributed by atoms with van der Waals surface area (Å²) in [7, 11) is 0. The number of H-pyrrole nitrogens is 1. The molecule has 1 atom stereocenters. The molecule has 4 heterocycles. The van der Waals surface area contributed by atoms with Gasteiger partial charge in [0.2, 0.25) is 0 Å². The third kappa shape index (κ3) is 4.78. The van der Waals surface area contributed by atoms with Gasteiger partial charge in [-0.2, -0.15) is 23.4 Å². The first kappa shape index (κ1) is 24.5. The first-order valence-corrected chi connectivity index (χ1v) is 11.9. The normalized spacial score (nSPS) is 16.2. The average molecular weight is 512 g/mol. The highest BCUT2D eigenvalue weighted by molar-refractivity contribution is 6.05. The Morgan fingerprint density at radius 2 is 1.95 bits per heavy atom. The molecule has 9 nitrogen and oxygen atoms in total. The van der Waals surface area contributed by atoms with Crippen LogP contribution in [-0.2, 0) is 12.7 Å². The Bertz CT molecular complexity index is 1460. The molecule has 0 aliphatic carbocycles. The number of piperidine rings is 1. The number of anilines is 1. The lowest BCUT2D eigenvalue weighted by Gasteiger charge is -2.34. The van der Waals surface area contributed by atoms with Crippen molar-refractivity contribution in [2.75, 3.05) is 11.9 Å². The molecular formula is C25H24F3N7O2. The largest absolute Gasteiger partial charge is 0.433 e. The van der Waals surface area contributed by atoms with Crippen LogP contribution in [0, 0.1) is 0 Å². The molecule has 192 valence electrons. The molecule has 37 heavy (non-hydrogen) atoms. The first-order chi connectivity index (χ1) is 17.8. The van der Waals surface area contributed by atoms with Crippen LogP contribution in [0.5, 0.6) is 0 Å². The number of aromatic nitrogens is 5. The number of nitrogens with one attached hydrogen (secondary N) is 2. The number of fused-ring (bicyclic) bond motifs is 1. The summed E-state index contributed by atoms with van der Waals surface area (Å²) in [6.07, 6.45) is -2.24. The lowest BCUT2D eigenvalue weighted by atomic mass is 9.98. The molecule has 4 aromatic rings. The van der Waals surface area contributed by atoms with Gasteiger partial charge in [-0.05, 0) is 44.4 Å². The molecule has 5 rings (SSSR count). The number of aryl methyl sites for hydroxylation is 1. The molecule has 0 bridgehead atoms. The topological polar surface area (TPSA) is 109 Å². The fourth-order valence-electron chi connectivity index (χ4n) is 4.63. The van der Waals surface area contributed by atoms with Crippen molar-refractivity contribution < 1.29 is 22.8 Å². The maximum atomic E-state index is 13.7. The van der Waals surface area contributed by atoms with Crippen LogP contribution >= 0.6 is 0 Å². The van der Waals surface area contributed by atoms with Crippen LogP contribution in [0.4, 0.5) is 19.0 Å². The van der Waals surface area contributed by atoms with Crippen LogP contribution in [0.25, 0.3) is 10.9 Å². The maximum absolute atomic E-state index is 13.7. The average Bonchev–Trinajstić information content (AvgIpc) is 3.52. The van der Waals surface area contributed by atoms with E-state index < -0.39 is 17.8 Å². The zero-order valence-electron chi connectivity index (χ0n) is 19.9. The Kier molecular flexibility index (Phi) is 6.40. The number of benzene rings is 1. The Morgan fingerprint density at radius 1 is 1.14 bits per heavy atom. The second-order valence-electron chi connectivity index (χ2n) is 8.76. The number of carbonyl (C=O) groups excluding carboxylic acids is 2. The Hall–Kier alpha value is -4.22. The zero-order valence-corrected chi connectivity index (χ0v) is 19.9. The number of para-hydroxylation sites is 1. The number of alkyl halides is 3. The Morgan fingerprint density at radius 3 is 2.73 bits per heavy atom. The quantitative estimate of drug-likeness (QED) is 0.400. The molecule has 0 saturated carbocycles. The SMILES string of the molecule is CCn1nc(C(=O)N2CCCCC2c2cc(NC(=O)c3cccc(C(F)(F)F)n3)n[nH]2)c2ccccc21. The fourth-order valence-corrected chi connectivity index (χ4v) is 4.63. The fraction of sp³-hybridized carbons (Fsp3) is 0.320. The highest BCUT2D eigenvalue weighted by Crippen LogP contribution is 2.33. The van der Waals surface area contributed by atoms with Crippen LogP contribution in [0.1, 0.15) is 64.6 Å². The van der Waals surface area contributed by atoms with E-state index in [4.69, 9.17) is 0 Å². The van der Waals surface area contributed by atoms with E-state index in [1.54, 1.807) is 15.6 Å². The summed E-state index contributed by atoms with van der Waals surface area (Å²) in [5.74, 6) is -0.892. The molecule has 0 radical (unpaired) electrons. The first-order valence-electron chi connectivity index (χ1n) is 11.9. The molecule has 2 N–H and O–H groups in total. The molecule has 1 aliphatic heterocycles. The van der Waals surface area contributed by atoms with Gasteiger partial charge in [0, 0.05) is 24.5 Å². The molecule has 1 fully saturated rings. The number of hydrogen-bond donors (Lipinski definition) is 2. The van der Waals surface area contributed by atoms with E-state index in [9.17, 15) is 22.8 Å². The maximum Gasteiger partial charge on any atom is 0.433 e. The van der Waals surface area contributed by atoms with Crippen molar-refractivity contribution in [1.82, 2.24) is 29.9 Å². The van der Waals surface area contributed by atoms with Crippen LogP contribution in [-0.4, -0.2) is 48.2 Å². The van der Waals surface area contributed by atoms with Crippen molar-refractivity contribution in [3.8, 4) is 0 Å². The second kappa shape index (κ2) is 9.68. The minimum absolute atomic E-state index is 0.123. The number of aromatic amines is 1. The van der Waals surface area contributed by atoms with E-state index >= 15 is 0 Å². The van der Waals surface area contributed by atoms with Crippen molar-refractivity contribution in [3.63, 3.8) is 0 Å². The summed E-state index contributed by atoms with van der Waals surface area (Å²) < 4.78 is 40.6. The van der Waals surface area contributed by atoms with Gasteiger partial charge in [-0.15, -0.1) is 0 Å². The number of hydrogen-bond acceptors (Lipinski definition) is 5. The smallest absolute Gasteiger partial charge is 0.329 e. The van der Waals surface area contributed by atoms with Gasteiger partial charge in [0.25, 0.3) is 11.8 Å². The predicted octanol–water partition coefficient (Wildman–Crippen LogP) is 4.81. The number of carbonyl (C=O) groups is 2. The van der Waals surface area contributed by atoms with Gasteiger partial charge in [-0.25, -0.2) is 4.98 Å². The van der Waals surface area contributed by atoms with Gasteiger partial charge in [-0.3, -0.25) is 19.4 Å². The minimum Gasteiger partial charge on any atom is -0.329 e. The molecule has 2 amide bonds. The standard InChI is InChI=1S/C25H24F3N7O2/c1-2-35-18-10-4-3-8-15(18)22(33-35)24(37)34-13-6-5-11-19(34)17-14-21(32-31-17)30-23(36)16-9-7-12-20(29-16)25(26,27)28/h3-4,7-10,12,14,19H,2,5-6,11,13H2,1H3,(H2,30,31,32,36). The molecule has 1 aromatic carbocycles. The van der Waals surface area contributed by atoms with E-state index in [-0.39, 0.29) is 23.5 Å². The summed E-state index contributed by atoms with van der Waals surface area (Å²) in [5.41, 5.74) is 0.341. The van der Waals surface area contributed by atoms with Gasteiger partial charge in [0.05, 0.1) is 17.3 Å². The minimum atomic E-state index is -4.66. The third-order valence-electron chi connectivity index (χ3n) is 6.39. The highest BCUT2D eigenvalue weighted by Gasteiger charge is 2.34. The zero-order chi connectivity index (χ0) is 26.2. The number of pyridine rings is 1. The molecule has 1 saturated heterocycles. The second-order valence-corrected chi connectivity index (χ2v) is 8.76. The van der Waals surface area contributed by atoms with Crippen LogP contribution in [0.3, 0.4) is 0 Å². The lowest BCUT2D eigenvalue weighted by Crippen LogP contribution is -2.39. The number of likely N-dealkylation sites (tertiary alicyclic amines) is 1. The van der Waals surface area contributed by atoms with Crippen molar-refractivity contribution in [2.45, 2.75) is 44.9 Å². The monoisotopic (exact) mass is 511 g/mol. The van der Waals surface area contributed by atoms with Gasteiger partial charge in [0.1, 0.15) is 11.4 Å². The third-order valence-corrected chi connectivity index (χ3v) is 6.39. The van der Waals surface area contributed by atoms with E-state index in [1.807, 2.05) is 31.2 Å². The van der Waals surface area contributed by atoms with Gasteiger partial charge in [0.15, 0.2) is 11.5 Å². The van der Waals surface area contributed by atoms with Gasteiger partial charge in [-0.1, -0.05) is 24.3 Å². The van der Waals surface area contributed by atoms with Gasteiger partial charge < -0.3 is 10.2 Å². The summed E-state index contributed by atoms with van der Waals surface area (Å²) in [6, 6.07) is 12.0. The summed E-state index contributed by atoms with van der Waals surface area (Å²) >= 11 is 0. The number of amides is 2. The van der Waals surface area contributed by atoms with Crippen molar-refractivity contribution in [1.29, 1.82) is 0 Å². The predicted molar refractivity (Wildman–Crippen MR) is 129 cm³/mol. The van der Waals surface area contributed by atoms with Gasteiger partial charge >= 0.3 is 6.18 Å². The van der Waals surface area contributed by atoms with Crippen molar-refractivity contribution >= 4 is 28.5 Å². The number of halogens is 3. The van der Waals surface area contributed by atoms with Crippen LogP contribution < -0.4 is 5.32 Å². The molecule has 0 spiro atoms. The van der Waals surface area contributed by atoms with Crippen molar-refractivity contribution in [2.24, 2.45) is 0 Å². The molecular weight excluding hydrogens is 487 g/mol. The Balaban J connectivity index is 1.37. The highest BCUT2D eigenvalue weighted by atomic mass is 19.4. The van der Waals surface area contributed by atoms with E-state index in [0.717, 1.165) is 35.9 Å². The van der Waals surface area contributed by atoms with Crippen LogP contribution in [0.2, 0.25) is 0 Å². The van der Waals surface area contributed by atoms with Crippen LogP contribution in [0.15, 0.2) is 48.5 Å². The lowest BCUT2D eigenvalue weighted by molar-refractivity contribution is -0.141. The molecule has 1 aliphatic rings. The van der Waals surface area contributed by atoms with Crippen molar-refractivity contribution in [3.05, 3.63) is 71.3 Å². The summed E-state index contributed by atoms with van der Waals surface area (Å²) in [5, 5.41) is 14.8. The molecule has 12 heteroatoms. The molecule has 1 unspecified atom stereocenters.